The topological polar surface area (TPSA) is 125 Å². The number of pyridine rings is 1. The molecule has 5 unspecified atom stereocenters. The van der Waals surface area contributed by atoms with Crippen molar-refractivity contribution in [1.82, 2.24) is 19.1 Å². The van der Waals surface area contributed by atoms with E-state index in [1.54, 1.807) is 6.07 Å². The molecule has 5 atom stereocenters. The number of Topliss-reactive ketones (excluding diaryl/α,β-unsaturated/α-hetero) is 1. The average Bonchev–Trinajstić information content (AvgIpc) is 3.53. The van der Waals surface area contributed by atoms with Gasteiger partial charge in [-0.15, -0.1) is 0 Å². The number of hydrogen-bond donors (Lipinski definition) is 0. The van der Waals surface area contributed by atoms with Crippen molar-refractivity contribution in [3.05, 3.63) is 54.4 Å². The molecule has 4 heterocycles. The molecule has 0 bridgehead atoms. The van der Waals surface area contributed by atoms with Crippen LogP contribution in [0.3, 0.4) is 0 Å². The minimum atomic E-state index is -4.51. The van der Waals surface area contributed by atoms with E-state index in [1.807, 2.05) is 30.9 Å². The third-order valence-electron chi connectivity index (χ3n) is 8.50. The summed E-state index contributed by atoms with van der Waals surface area (Å²) < 4.78 is 27.4. The summed E-state index contributed by atoms with van der Waals surface area (Å²) in [4.78, 5) is 60.3. The molecule has 10 nitrogen and oxygen atoms in total. The number of fused-ring (bicyclic) bond motifs is 2. The van der Waals surface area contributed by atoms with E-state index in [-0.39, 0.29) is 48.7 Å². The van der Waals surface area contributed by atoms with E-state index in [1.165, 1.54) is 23.2 Å². The molecule has 0 spiro atoms. The van der Waals surface area contributed by atoms with Gasteiger partial charge in [0.05, 0.1) is 12.6 Å². The largest absolute Gasteiger partial charge is 0.342 e. The fourth-order valence-electron chi connectivity index (χ4n) is 6.56. The summed E-state index contributed by atoms with van der Waals surface area (Å²) >= 11 is 0. The number of aromatic nitrogens is 1. The maximum absolute atomic E-state index is 13.9. The Morgan fingerprint density at radius 2 is 1.80 bits per heavy atom. The summed E-state index contributed by atoms with van der Waals surface area (Å²) in [5, 5.41) is -1.17. The third kappa shape index (κ3) is 5.41. The molecule has 0 N–H and O–H groups in total. The second-order valence-corrected chi connectivity index (χ2v) is 13.4. The molecule has 1 aromatic heterocycles. The Hall–Kier alpha value is -3.18. The van der Waals surface area contributed by atoms with Crippen LogP contribution < -0.4 is 0 Å². The van der Waals surface area contributed by atoms with Gasteiger partial charge >= 0.3 is 5.12 Å². The lowest BCUT2D eigenvalue weighted by Crippen LogP contribution is -2.48. The Kier molecular flexibility index (Phi) is 8.05. The Morgan fingerprint density at radius 1 is 1.05 bits per heavy atom. The predicted octanol–water partition coefficient (Wildman–Crippen LogP) is 2.05. The van der Waals surface area contributed by atoms with Crippen LogP contribution in [-0.2, 0) is 24.4 Å². The highest BCUT2D eigenvalue weighted by Crippen LogP contribution is 2.35. The first kappa shape index (κ1) is 28.4. The second kappa shape index (κ2) is 11.4. The van der Waals surface area contributed by atoms with Crippen molar-refractivity contribution in [2.45, 2.75) is 51.6 Å². The lowest BCUT2D eigenvalue weighted by Gasteiger charge is -2.38. The van der Waals surface area contributed by atoms with Crippen molar-refractivity contribution >= 4 is 32.7 Å². The first-order chi connectivity index (χ1) is 19.1. The van der Waals surface area contributed by atoms with Crippen LogP contribution in [0, 0.1) is 23.7 Å². The first-order valence-corrected chi connectivity index (χ1v) is 15.4. The molecule has 11 heteroatoms. The van der Waals surface area contributed by atoms with Gasteiger partial charge in [0, 0.05) is 44.1 Å². The molecule has 0 aromatic carbocycles. The summed E-state index contributed by atoms with van der Waals surface area (Å²) in [5.41, 5.74) is -0.219. The highest BCUT2D eigenvalue weighted by Gasteiger charge is 2.55. The quantitative estimate of drug-likeness (QED) is 0.493. The van der Waals surface area contributed by atoms with E-state index in [4.69, 9.17) is 0 Å². The molecule has 40 heavy (non-hydrogen) atoms. The van der Waals surface area contributed by atoms with Gasteiger partial charge in [-0.3, -0.25) is 24.2 Å². The van der Waals surface area contributed by atoms with E-state index in [2.05, 4.69) is 17.1 Å². The third-order valence-corrected chi connectivity index (χ3v) is 10.2. The average molecular weight is 569 g/mol. The van der Waals surface area contributed by atoms with Crippen LogP contribution in [0.5, 0.6) is 0 Å². The molecule has 214 valence electrons. The number of nitrogens with zero attached hydrogens (tertiary/aromatic N) is 4. The molecule has 1 aromatic rings. The smallest absolute Gasteiger partial charge is 0.310 e. The van der Waals surface area contributed by atoms with E-state index in [0.29, 0.717) is 25.4 Å². The number of piperidine rings is 1. The lowest BCUT2D eigenvalue weighted by molar-refractivity contribution is -0.144. The fraction of sp³-hybridized carbons (Fsp3) is 0.552. The van der Waals surface area contributed by atoms with Crippen LogP contribution in [0.4, 0.5) is 0 Å². The van der Waals surface area contributed by atoms with Gasteiger partial charge in [-0.1, -0.05) is 44.2 Å². The highest BCUT2D eigenvalue weighted by molar-refractivity contribution is 8.04. The summed E-state index contributed by atoms with van der Waals surface area (Å²) in [6, 6.07) is 2.64. The van der Waals surface area contributed by atoms with Gasteiger partial charge in [-0.05, 0) is 43.2 Å². The summed E-state index contributed by atoms with van der Waals surface area (Å²) in [6.45, 7) is 4.96. The van der Waals surface area contributed by atoms with E-state index in [9.17, 15) is 27.6 Å². The Labute approximate surface area is 235 Å². The van der Waals surface area contributed by atoms with Gasteiger partial charge in [-0.2, -0.15) is 4.31 Å². The Bertz CT molecular complexity index is 1340. The summed E-state index contributed by atoms with van der Waals surface area (Å²) in [5.74, 6) is -0.543. The van der Waals surface area contributed by atoms with Gasteiger partial charge < -0.3 is 9.80 Å². The van der Waals surface area contributed by atoms with Crippen molar-refractivity contribution in [1.29, 1.82) is 0 Å². The van der Waals surface area contributed by atoms with Crippen LogP contribution in [-0.4, -0.2) is 88.5 Å². The first-order valence-electron chi connectivity index (χ1n) is 14.0. The van der Waals surface area contributed by atoms with Gasteiger partial charge in [0.15, 0.2) is 5.78 Å². The molecule has 4 aliphatic rings. The van der Waals surface area contributed by atoms with Crippen LogP contribution in [0.15, 0.2) is 48.7 Å². The van der Waals surface area contributed by atoms with Gasteiger partial charge in [0.25, 0.3) is 10.0 Å². The van der Waals surface area contributed by atoms with Crippen LogP contribution in [0.25, 0.3) is 0 Å². The zero-order valence-electron chi connectivity index (χ0n) is 22.9. The van der Waals surface area contributed by atoms with Gasteiger partial charge in [0.1, 0.15) is 11.7 Å². The number of allylic oxidation sites excluding steroid dienone is 3. The second-order valence-electron chi connectivity index (χ2n) is 11.6. The number of likely N-dealkylation sites (tertiary alicyclic amines) is 2. The minimum Gasteiger partial charge on any atom is -0.342 e. The molecule has 3 saturated heterocycles. The number of ketones is 1. The standard InChI is InChI=1S/C29H36N4O6S/c1-19(2)15-22(16-26(35)31-13-10-20-7-3-4-8-21(20)17-31)28(36)32-14-11-24-27(32)25(34)18-33(24)40(38,39)29(37)23-9-5-6-12-30-23/h3-9,12,19-22,24,27H,10-11,13-18H2,1-2H3. The Morgan fingerprint density at radius 3 is 2.50 bits per heavy atom. The minimum absolute atomic E-state index is 0.0518. The SMILES string of the molecule is CC(C)CC(CC(=O)N1CCC2C=CC=CC2C1)C(=O)N1CCC2C1C(=O)CN2S(=O)(=O)C(=O)c1ccccn1. The van der Waals surface area contributed by atoms with Crippen molar-refractivity contribution in [2.75, 3.05) is 26.2 Å². The maximum atomic E-state index is 13.9. The highest BCUT2D eigenvalue weighted by atomic mass is 32.2. The van der Waals surface area contributed by atoms with Crippen molar-refractivity contribution in [2.24, 2.45) is 23.7 Å². The fourth-order valence-corrected chi connectivity index (χ4v) is 8.03. The number of hydrogen-bond acceptors (Lipinski definition) is 7. The molecule has 3 fully saturated rings. The van der Waals surface area contributed by atoms with Crippen LogP contribution in [0.2, 0.25) is 0 Å². The zero-order chi connectivity index (χ0) is 28.6. The van der Waals surface area contributed by atoms with Gasteiger partial charge in [-0.25, -0.2) is 8.42 Å². The molecular formula is C29H36N4O6S. The Balaban J connectivity index is 1.30. The van der Waals surface area contributed by atoms with Crippen molar-refractivity contribution in [3.8, 4) is 0 Å². The molecule has 0 radical (unpaired) electrons. The van der Waals surface area contributed by atoms with Crippen LogP contribution >= 0.6 is 0 Å². The molecule has 5 rings (SSSR count). The number of carbonyl (C=O) groups excluding carboxylic acids is 4. The van der Waals surface area contributed by atoms with Gasteiger partial charge in [0.2, 0.25) is 11.8 Å². The molecule has 2 amide bonds. The molecule has 3 aliphatic heterocycles. The van der Waals surface area contributed by atoms with E-state index in [0.717, 1.165) is 10.7 Å². The van der Waals surface area contributed by atoms with Crippen molar-refractivity contribution < 1.29 is 27.6 Å². The maximum Gasteiger partial charge on any atom is 0.310 e. The number of carbonyl (C=O) groups is 4. The normalized spacial score (nSPS) is 27.1. The van der Waals surface area contributed by atoms with E-state index >= 15 is 0 Å². The molecule has 1 aliphatic carbocycles. The number of rotatable bonds is 7. The summed E-state index contributed by atoms with van der Waals surface area (Å²) in [6.07, 6.45) is 11.4. The number of amides is 2. The zero-order valence-corrected chi connectivity index (χ0v) is 23.7. The monoisotopic (exact) mass is 568 g/mol. The molecular weight excluding hydrogens is 532 g/mol. The molecule has 0 saturated carbocycles. The predicted molar refractivity (Wildman–Crippen MR) is 147 cm³/mol. The van der Waals surface area contributed by atoms with Crippen molar-refractivity contribution in [3.63, 3.8) is 0 Å². The summed E-state index contributed by atoms with van der Waals surface area (Å²) in [7, 11) is -4.51. The lowest BCUT2D eigenvalue weighted by atomic mass is 9.82. The van der Waals surface area contributed by atoms with Crippen LogP contribution in [0.1, 0.15) is 50.0 Å². The van der Waals surface area contributed by atoms with E-state index < -0.39 is 45.5 Å². The number of sulfonamides is 1.